The molecule has 0 bridgehead atoms. The summed E-state index contributed by atoms with van der Waals surface area (Å²) < 4.78 is 28.3. The van der Waals surface area contributed by atoms with E-state index in [2.05, 4.69) is 4.99 Å². The number of esters is 1. The van der Waals surface area contributed by atoms with Gasteiger partial charge in [0.25, 0.3) is 11.2 Å². The number of benzene rings is 2. The average molecular weight is 554 g/mol. The Morgan fingerprint density at radius 1 is 1.21 bits per heavy atom. The number of nitro groups is 1. The smallest absolute Gasteiger partial charge is 0.338 e. The molecule has 0 N–H and O–H groups in total. The first-order valence-electron chi connectivity index (χ1n) is 11.8. The molecule has 2 aliphatic rings. The number of thiazole rings is 1. The molecule has 5 rings (SSSR count). The van der Waals surface area contributed by atoms with Crippen LogP contribution in [0.4, 0.5) is 5.69 Å². The molecule has 0 amide bonds. The number of fused-ring (bicyclic) bond motifs is 2. The Bertz CT molecular complexity index is 1720. The maximum atomic E-state index is 13.9. The minimum Gasteiger partial charge on any atom is -0.493 e. The van der Waals surface area contributed by atoms with Gasteiger partial charge in [0, 0.05) is 0 Å². The molecule has 3 heterocycles. The lowest BCUT2D eigenvalue weighted by Crippen LogP contribution is -2.39. The number of nitro benzene ring substituents is 1. The summed E-state index contributed by atoms with van der Waals surface area (Å²) in [6.07, 6.45) is 1.41. The van der Waals surface area contributed by atoms with Gasteiger partial charge in [-0.05, 0) is 43.7 Å². The Kier molecular flexibility index (Phi) is 6.83. The lowest BCUT2D eigenvalue weighted by atomic mass is 9.95. The zero-order chi connectivity index (χ0) is 27.8. The van der Waals surface area contributed by atoms with Crippen LogP contribution in [0, 0.1) is 10.1 Å². The summed E-state index contributed by atoms with van der Waals surface area (Å²) in [5, 5.41) is 11.8. The molecule has 0 fully saturated rings. The second-order valence-corrected chi connectivity index (χ2v) is 9.45. The summed E-state index contributed by atoms with van der Waals surface area (Å²) in [5.74, 6) is 0.867. The molecule has 12 nitrogen and oxygen atoms in total. The third-order valence-corrected chi connectivity index (χ3v) is 7.23. The van der Waals surface area contributed by atoms with E-state index >= 15 is 0 Å². The van der Waals surface area contributed by atoms with Crippen molar-refractivity contribution in [1.29, 1.82) is 0 Å². The summed E-state index contributed by atoms with van der Waals surface area (Å²) in [6.45, 7) is 3.55. The fourth-order valence-corrected chi connectivity index (χ4v) is 5.53. The van der Waals surface area contributed by atoms with E-state index in [-0.39, 0.29) is 46.3 Å². The van der Waals surface area contributed by atoms with Gasteiger partial charge in [0.15, 0.2) is 27.8 Å². The monoisotopic (exact) mass is 553 g/mol. The van der Waals surface area contributed by atoms with Crippen LogP contribution in [-0.4, -0.2) is 43.1 Å². The van der Waals surface area contributed by atoms with Crippen LogP contribution < -0.4 is 33.8 Å². The highest BCUT2D eigenvalue weighted by Gasteiger charge is 2.34. The van der Waals surface area contributed by atoms with Gasteiger partial charge in [0.05, 0.1) is 59.2 Å². The van der Waals surface area contributed by atoms with Gasteiger partial charge in [-0.2, -0.15) is 0 Å². The molecule has 2 aromatic carbocycles. The van der Waals surface area contributed by atoms with E-state index in [1.165, 1.54) is 37.0 Å². The highest BCUT2D eigenvalue weighted by Crippen LogP contribution is 2.38. The van der Waals surface area contributed by atoms with Gasteiger partial charge in [0.2, 0.25) is 6.79 Å². The topological polar surface area (TPSA) is 141 Å². The van der Waals surface area contributed by atoms with Gasteiger partial charge in [-0.15, -0.1) is 0 Å². The van der Waals surface area contributed by atoms with Crippen molar-refractivity contribution in [3.8, 4) is 23.0 Å². The standard InChI is InChI=1S/C26H23N3O9S/c1-5-36-25(31)22-13(2)27-26-28(23(22)14-6-7-17-20(8-14)38-12-37-17)24(30)21(39-26)10-15-9-18(34-3)19(35-4)11-16(15)29(32)33/h6-11,23H,5,12H2,1-4H3/b21-10-/t23-/m1/s1. The van der Waals surface area contributed by atoms with Crippen LogP contribution in [0.3, 0.4) is 0 Å². The van der Waals surface area contributed by atoms with Crippen LogP contribution in [0.2, 0.25) is 0 Å². The molecule has 0 spiro atoms. The molecule has 2 aliphatic heterocycles. The number of allylic oxidation sites excluding steroid dienone is 1. The number of rotatable bonds is 7. The van der Waals surface area contributed by atoms with E-state index in [4.69, 9.17) is 23.7 Å². The zero-order valence-corrected chi connectivity index (χ0v) is 22.2. The van der Waals surface area contributed by atoms with E-state index in [1.807, 2.05) is 0 Å². The van der Waals surface area contributed by atoms with Crippen molar-refractivity contribution in [2.75, 3.05) is 27.6 Å². The average Bonchev–Trinajstić information content (AvgIpc) is 3.51. The normalized spacial score (nSPS) is 16.0. The van der Waals surface area contributed by atoms with E-state index < -0.39 is 22.5 Å². The maximum absolute atomic E-state index is 13.9. The van der Waals surface area contributed by atoms with Crippen molar-refractivity contribution in [3.05, 3.63) is 82.5 Å². The number of aromatic nitrogens is 1. The summed E-state index contributed by atoms with van der Waals surface area (Å²) in [7, 11) is 2.78. The van der Waals surface area contributed by atoms with Gasteiger partial charge in [-0.1, -0.05) is 17.4 Å². The summed E-state index contributed by atoms with van der Waals surface area (Å²) in [5.41, 5.74) is 0.562. The molecule has 0 aliphatic carbocycles. The fourth-order valence-electron chi connectivity index (χ4n) is 4.49. The highest BCUT2D eigenvalue weighted by atomic mass is 32.1. The number of carbonyl (C=O) groups is 1. The van der Waals surface area contributed by atoms with Crippen LogP contribution in [0.5, 0.6) is 23.0 Å². The van der Waals surface area contributed by atoms with E-state index in [9.17, 15) is 19.7 Å². The van der Waals surface area contributed by atoms with Crippen molar-refractivity contribution in [3.63, 3.8) is 0 Å². The quantitative estimate of drug-likeness (QED) is 0.245. The van der Waals surface area contributed by atoms with Gasteiger partial charge in [-0.25, -0.2) is 9.79 Å². The maximum Gasteiger partial charge on any atom is 0.338 e. The first-order chi connectivity index (χ1) is 18.8. The summed E-state index contributed by atoms with van der Waals surface area (Å²) >= 11 is 1.05. The second-order valence-electron chi connectivity index (χ2n) is 8.44. The number of hydrogen-bond donors (Lipinski definition) is 0. The SMILES string of the molecule is CCOC(=O)C1=C(C)N=c2s/c(=C\c3cc(OC)c(OC)cc3[N+](=O)[O-])c(=O)n2[C@@H]1c1ccc2c(c1)OCO2. The molecule has 1 atom stereocenters. The Balaban J connectivity index is 1.74. The minimum atomic E-state index is -0.877. The molecule has 202 valence electrons. The Morgan fingerprint density at radius 2 is 1.92 bits per heavy atom. The molecular formula is C26H23N3O9S. The fraction of sp³-hybridized carbons (Fsp3) is 0.269. The van der Waals surface area contributed by atoms with E-state index in [0.29, 0.717) is 27.6 Å². The predicted molar refractivity (Wildman–Crippen MR) is 139 cm³/mol. The van der Waals surface area contributed by atoms with Gasteiger partial charge in [0.1, 0.15) is 0 Å². The second kappa shape index (κ2) is 10.3. The summed E-state index contributed by atoms with van der Waals surface area (Å²) in [6, 6.07) is 6.95. The van der Waals surface area contributed by atoms with Crippen molar-refractivity contribution in [1.82, 2.24) is 4.57 Å². The number of methoxy groups -OCH3 is 2. The van der Waals surface area contributed by atoms with Crippen LogP contribution >= 0.6 is 11.3 Å². The van der Waals surface area contributed by atoms with Gasteiger partial charge >= 0.3 is 5.97 Å². The number of hydrogen-bond acceptors (Lipinski definition) is 11. The third kappa shape index (κ3) is 4.50. The molecule has 0 saturated carbocycles. The molecule has 39 heavy (non-hydrogen) atoms. The largest absolute Gasteiger partial charge is 0.493 e. The molecule has 0 radical (unpaired) electrons. The lowest BCUT2D eigenvalue weighted by molar-refractivity contribution is -0.385. The Labute approximate surface area is 225 Å². The molecule has 0 saturated heterocycles. The van der Waals surface area contributed by atoms with Crippen molar-refractivity contribution in [2.24, 2.45) is 4.99 Å². The van der Waals surface area contributed by atoms with Crippen molar-refractivity contribution < 1.29 is 33.4 Å². The molecule has 0 unspecified atom stereocenters. The van der Waals surface area contributed by atoms with E-state index in [0.717, 1.165) is 11.3 Å². The first kappa shape index (κ1) is 26.0. The first-order valence-corrected chi connectivity index (χ1v) is 12.6. The third-order valence-electron chi connectivity index (χ3n) is 6.25. The molecule has 1 aromatic heterocycles. The number of carbonyl (C=O) groups excluding carboxylic acids is 1. The molecular weight excluding hydrogens is 530 g/mol. The Morgan fingerprint density at radius 3 is 2.62 bits per heavy atom. The van der Waals surface area contributed by atoms with Crippen molar-refractivity contribution >= 4 is 29.1 Å². The predicted octanol–water partition coefficient (Wildman–Crippen LogP) is 2.45. The van der Waals surface area contributed by atoms with Crippen LogP contribution in [-0.2, 0) is 9.53 Å². The summed E-state index contributed by atoms with van der Waals surface area (Å²) in [4.78, 5) is 43.0. The van der Waals surface area contributed by atoms with Gasteiger partial charge < -0.3 is 23.7 Å². The Hall–Kier alpha value is -4.65. The van der Waals surface area contributed by atoms with E-state index in [1.54, 1.807) is 32.0 Å². The van der Waals surface area contributed by atoms with Crippen molar-refractivity contribution in [2.45, 2.75) is 19.9 Å². The minimum absolute atomic E-state index is 0.0608. The number of nitrogens with zero attached hydrogens (tertiary/aromatic N) is 3. The van der Waals surface area contributed by atoms with Gasteiger partial charge in [-0.3, -0.25) is 19.5 Å². The lowest BCUT2D eigenvalue weighted by Gasteiger charge is -2.24. The molecule has 13 heteroatoms. The van der Waals surface area contributed by atoms with Crippen LogP contribution in [0.25, 0.3) is 6.08 Å². The zero-order valence-electron chi connectivity index (χ0n) is 21.4. The van der Waals surface area contributed by atoms with Crippen LogP contribution in [0.15, 0.2) is 51.4 Å². The molecule has 3 aromatic rings. The van der Waals surface area contributed by atoms with Crippen LogP contribution in [0.1, 0.15) is 31.0 Å². The highest BCUT2D eigenvalue weighted by molar-refractivity contribution is 7.07. The number of ether oxygens (including phenoxy) is 5.